The third-order valence-electron chi connectivity index (χ3n) is 4.70. The van der Waals surface area contributed by atoms with Gasteiger partial charge in [0.05, 0.1) is 24.5 Å². The van der Waals surface area contributed by atoms with E-state index in [9.17, 15) is 13.4 Å². The van der Waals surface area contributed by atoms with Gasteiger partial charge in [-0.1, -0.05) is 0 Å². The molecule has 0 N–H and O–H groups in total. The molecule has 1 amide bonds. The quantitative estimate of drug-likeness (QED) is 0.781. The highest BCUT2D eigenvalue weighted by molar-refractivity contribution is 7.85. The van der Waals surface area contributed by atoms with Crippen molar-refractivity contribution in [1.82, 2.24) is 14.8 Å². The summed E-state index contributed by atoms with van der Waals surface area (Å²) in [5.74, 6) is 0.805. The van der Waals surface area contributed by atoms with E-state index in [2.05, 4.69) is 10.1 Å². The Balaban J connectivity index is 1.47. The zero-order valence-electron chi connectivity index (χ0n) is 14.7. The van der Waals surface area contributed by atoms with Crippen molar-refractivity contribution in [3.05, 3.63) is 36.7 Å². The first-order valence-corrected chi connectivity index (χ1v) is 10.3. The second-order valence-corrected chi connectivity index (χ2v) is 8.25. The van der Waals surface area contributed by atoms with Crippen molar-refractivity contribution in [1.29, 1.82) is 0 Å². The number of rotatable bonds is 4. The van der Waals surface area contributed by atoms with Crippen molar-refractivity contribution in [2.75, 3.05) is 40.9 Å². The molecule has 27 heavy (non-hydrogen) atoms. The standard InChI is InChI=1S/C17H20FN5O3S/c18-15-8-13(2-3-16(15)21-4-1-6-27(25)7-5-21)23-10-14(26-17(23)24)9-22-12-19-11-20-22/h2-3,8,11-12,14H,1,4-7,9-10H2. The number of hydrogen-bond acceptors (Lipinski definition) is 6. The lowest BCUT2D eigenvalue weighted by Gasteiger charge is -2.24. The van der Waals surface area contributed by atoms with Gasteiger partial charge in [0.25, 0.3) is 0 Å². The van der Waals surface area contributed by atoms with Gasteiger partial charge in [-0.15, -0.1) is 0 Å². The molecule has 2 unspecified atom stereocenters. The van der Waals surface area contributed by atoms with Crippen molar-refractivity contribution in [3.63, 3.8) is 0 Å². The van der Waals surface area contributed by atoms with Crippen LogP contribution in [0.5, 0.6) is 0 Å². The van der Waals surface area contributed by atoms with Crippen molar-refractivity contribution in [2.24, 2.45) is 0 Å². The predicted octanol–water partition coefficient (Wildman–Crippen LogP) is 1.40. The second-order valence-electron chi connectivity index (χ2n) is 6.56. The average molecular weight is 393 g/mol. The van der Waals surface area contributed by atoms with Gasteiger partial charge < -0.3 is 9.64 Å². The minimum atomic E-state index is -0.833. The van der Waals surface area contributed by atoms with Crippen LogP contribution in [0.4, 0.5) is 20.6 Å². The summed E-state index contributed by atoms with van der Waals surface area (Å²) in [4.78, 5) is 19.4. The lowest BCUT2D eigenvalue weighted by molar-refractivity contribution is 0.129. The summed E-state index contributed by atoms with van der Waals surface area (Å²) in [7, 11) is -0.833. The average Bonchev–Trinajstić information content (AvgIpc) is 3.22. The molecule has 0 saturated carbocycles. The molecule has 0 radical (unpaired) electrons. The third kappa shape index (κ3) is 3.95. The Labute approximate surface area is 158 Å². The number of ether oxygens (including phenoxy) is 1. The van der Waals surface area contributed by atoms with E-state index < -0.39 is 22.7 Å². The topological polar surface area (TPSA) is 80.6 Å². The van der Waals surface area contributed by atoms with E-state index in [1.807, 2.05) is 4.90 Å². The fraction of sp³-hybridized carbons (Fsp3) is 0.471. The van der Waals surface area contributed by atoms with E-state index >= 15 is 0 Å². The fourth-order valence-corrected chi connectivity index (χ4v) is 4.45. The molecule has 4 rings (SSSR count). The molecule has 3 heterocycles. The molecule has 0 bridgehead atoms. The van der Waals surface area contributed by atoms with Crippen LogP contribution in [0.25, 0.3) is 0 Å². The Morgan fingerprint density at radius 2 is 2.19 bits per heavy atom. The van der Waals surface area contributed by atoms with Gasteiger partial charge in [0, 0.05) is 35.4 Å². The van der Waals surface area contributed by atoms with Crippen molar-refractivity contribution >= 4 is 28.3 Å². The van der Waals surface area contributed by atoms with Gasteiger partial charge >= 0.3 is 6.09 Å². The number of benzene rings is 1. The summed E-state index contributed by atoms with van der Waals surface area (Å²) in [6.07, 6.45) is 2.87. The van der Waals surface area contributed by atoms with Crippen LogP contribution >= 0.6 is 0 Å². The highest BCUT2D eigenvalue weighted by Crippen LogP contribution is 2.28. The van der Waals surface area contributed by atoms with Crippen LogP contribution in [0.2, 0.25) is 0 Å². The lowest BCUT2D eigenvalue weighted by atomic mass is 10.2. The van der Waals surface area contributed by atoms with Crippen LogP contribution in [0.1, 0.15) is 6.42 Å². The first-order valence-electron chi connectivity index (χ1n) is 8.80. The summed E-state index contributed by atoms with van der Waals surface area (Å²) in [5, 5.41) is 4.00. The summed E-state index contributed by atoms with van der Waals surface area (Å²) in [6, 6.07) is 4.76. The summed E-state index contributed by atoms with van der Waals surface area (Å²) >= 11 is 0. The number of anilines is 2. The van der Waals surface area contributed by atoms with Crippen LogP contribution < -0.4 is 9.80 Å². The maximum absolute atomic E-state index is 14.7. The molecule has 2 aliphatic heterocycles. The molecular weight excluding hydrogens is 373 g/mol. The van der Waals surface area contributed by atoms with Gasteiger partial charge in [-0.3, -0.25) is 9.11 Å². The van der Waals surface area contributed by atoms with Crippen LogP contribution in [-0.2, 0) is 22.1 Å². The highest BCUT2D eigenvalue weighted by Gasteiger charge is 2.33. The largest absolute Gasteiger partial charge is 0.442 e. The maximum Gasteiger partial charge on any atom is 0.414 e. The smallest absolute Gasteiger partial charge is 0.414 e. The number of cyclic esters (lactones) is 1. The molecule has 144 valence electrons. The molecule has 2 aromatic rings. The second kappa shape index (κ2) is 7.63. The molecule has 1 aromatic heterocycles. The highest BCUT2D eigenvalue weighted by atomic mass is 32.2. The molecule has 0 spiro atoms. The fourth-order valence-electron chi connectivity index (χ4n) is 3.37. The molecule has 2 saturated heterocycles. The number of hydrogen-bond donors (Lipinski definition) is 0. The van der Waals surface area contributed by atoms with E-state index in [0.717, 1.165) is 6.42 Å². The van der Waals surface area contributed by atoms with Gasteiger partial charge in [-0.05, 0) is 24.6 Å². The minimum absolute atomic E-state index is 0.320. The number of carbonyl (C=O) groups excluding carboxylic acids is 1. The number of amides is 1. The monoisotopic (exact) mass is 393 g/mol. The Morgan fingerprint density at radius 1 is 1.30 bits per heavy atom. The SMILES string of the molecule is O=C1OC(Cn2cncn2)CN1c1ccc(N2CCCS(=O)CC2)c(F)c1. The van der Waals surface area contributed by atoms with E-state index in [0.29, 0.717) is 49.1 Å². The first-order chi connectivity index (χ1) is 13.1. The van der Waals surface area contributed by atoms with Crippen molar-refractivity contribution in [3.8, 4) is 0 Å². The van der Waals surface area contributed by atoms with Crippen LogP contribution in [0.3, 0.4) is 0 Å². The molecule has 8 nitrogen and oxygen atoms in total. The number of aromatic nitrogens is 3. The molecule has 2 atom stereocenters. The molecule has 10 heteroatoms. The Hall–Kier alpha value is -2.49. The summed E-state index contributed by atoms with van der Waals surface area (Å²) in [6.45, 7) is 1.95. The van der Waals surface area contributed by atoms with Crippen molar-refractivity contribution in [2.45, 2.75) is 19.1 Å². The number of nitrogens with zero attached hydrogens (tertiary/aromatic N) is 5. The zero-order chi connectivity index (χ0) is 18.8. The number of halogens is 1. The molecular formula is C17H20FN5O3S. The Bertz CT molecular complexity index is 847. The summed E-state index contributed by atoms with van der Waals surface area (Å²) < 4.78 is 33.3. The van der Waals surface area contributed by atoms with Gasteiger partial charge in [0.15, 0.2) is 0 Å². The van der Waals surface area contributed by atoms with Crippen LogP contribution in [0, 0.1) is 5.82 Å². The van der Waals surface area contributed by atoms with E-state index in [1.54, 1.807) is 23.1 Å². The van der Waals surface area contributed by atoms with Crippen LogP contribution in [-0.4, -0.2) is 62.3 Å². The predicted molar refractivity (Wildman–Crippen MR) is 98.7 cm³/mol. The molecule has 2 fully saturated rings. The van der Waals surface area contributed by atoms with E-state index in [1.165, 1.54) is 17.3 Å². The van der Waals surface area contributed by atoms with Gasteiger partial charge in [-0.25, -0.2) is 18.9 Å². The normalized spacial score (nSPS) is 23.4. The van der Waals surface area contributed by atoms with E-state index in [-0.39, 0.29) is 6.10 Å². The zero-order valence-corrected chi connectivity index (χ0v) is 15.5. The lowest BCUT2D eigenvalue weighted by Crippen LogP contribution is -2.28. The van der Waals surface area contributed by atoms with Gasteiger partial charge in [-0.2, -0.15) is 5.10 Å². The minimum Gasteiger partial charge on any atom is -0.442 e. The van der Waals surface area contributed by atoms with Crippen molar-refractivity contribution < 1.29 is 18.1 Å². The van der Waals surface area contributed by atoms with Gasteiger partial charge in [0.2, 0.25) is 0 Å². The molecule has 1 aromatic carbocycles. The Morgan fingerprint density at radius 3 is 2.96 bits per heavy atom. The van der Waals surface area contributed by atoms with Crippen LogP contribution in [0.15, 0.2) is 30.9 Å². The summed E-state index contributed by atoms with van der Waals surface area (Å²) in [5.41, 5.74) is 0.935. The Kier molecular flexibility index (Phi) is 5.06. The van der Waals surface area contributed by atoms with Gasteiger partial charge in [0.1, 0.15) is 24.6 Å². The molecule has 2 aliphatic rings. The maximum atomic E-state index is 14.7. The molecule has 0 aliphatic carbocycles. The third-order valence-corrected chi connectivity index (χ3v) is 6.09. The first kappa shape index (κ1) is 17.9. The van der Waals surface area contributed by atoms with E-state index in [4.69, 9.17) is 4.74 Å². The number of carbonyl (C=O) groups is 1.